The zero-order valence-electron chi connectivity index (χ0n) is 13.9. The maximum Gasteiger partial charge on any atom is 0.266 e. The molecule has 2 N–H and O–H groups in total. The molecule has 1 fully saturated rings. The first-order chi connectivity index (χ1) is 12.3. The molecule has 3 heterocycles. The summed E-state index contributed by atoms with van der Waals surface area (Å²) in [6.45, 7) is 1.91. The van der Waals surface area contributed by atoms with Gasteiger partial charge in [-0.25, -0.2) is 0 Å². The molecule has 2 aromatic heterocycles. The highest BCUT2D eigenvalue weighted by Crippen LogP contribution is 2.34. The van der Waals surface area contributed by atoms with Crippen molar-refractivity contribution in [3.05, 3.63) is 58.5 Å². The van der Waals surface area contributed by atoms with Crippen LogP contribution in [0.5, 0.6) is 0 Å². The van der Waals surface area contributed by atoms with Gasteiger partial charge in [0, 0.05) is 19.0 Å². The van der Waals surface area contributed by atoms with Crippen LogP contribution in [0.15, 0.2) is 48.1 Å². The smallest absolute Gasteiger partial charge is 0.266 e. The maximum atomic E-state index is 13.1. The van der Waals surface area contributed by atoms with Crippen molar-refractivity contribution < 1.29 is 4.79 Å². The van der Waals surface area contributed by atoms with Crippen molar-refractivity contribution in [2.24, 2.45) is 11.7 Å². The number of tetrazole rings is 1. The minimum Gasteiger partial charge on any atom is -0.337 e. The molecule has 1 aliphatic heterocycles. The third kappa shape index (κ3) is 3.35. The fraction of sp³-hybridized carbons (Fsp3) is 0.294. The second-order valence-electron chi connectivity index (χ2n) is 6.11. The Morgan fingerprint density at radius 1 is 1.23 bits per heavy atom. The van der Waals surface area contributed by atoms with Crippen molar-refractivity contribution in [2.45, 2.75) is 5.92 Å². The number of likely N-dealkylation sites (tertiary alicyclic amines) is 1. The van der Waals surface area contributed by atoms with Crippen LogP contribution in [-0.4, -0.2) is 50.6 Å². The van der Waals surface area contributed by atoms with Gasteiger partial charge in [0.1, 0.15) is 11.2 Å². The van der Waals surface area contributed by atoms with E-state index in [0.29, 0.717) is 30.2 Å². The molecule has 26 heavy (non-hydrogen) atoms. The van der Waals surface area contributed by atoms with Gasteiger partial charge in [-0.3, -0.25) is 4.79 Å². The highest BCUT2D eigenvalue weighted by atomic mass is 35.5. The summed E-state index contributed by atoms with van der Waals surface area (Å²) in [6, 6.07) is 12.1. The minimum atomic E-state index is 0. The number of rotatable bonds is 4. The van der Waals surface area contributed by atoms with Crippen molar-refractivity contribution in [1.82, 2.24) is 25.1 Å². The molecule has 0 aliphatic carbocycles. The molecule has 2 atom stereocenters. The second kappa shape index (κ2) is 7.94. The second-order valence-corrected chi connectivity index (χ2v) is 7.03. The van der Waals surface area contributed by atoms with Crippen molar-refractivity contribution in [1.29, 1.82) is 0 Å². The van der Waals surface area contributed by atoms with E-state index in [0.717, 1.165) is 0 Å². The Balaban J connectivity index is 0.00000196. The Bertz CT molecular complexity index is 853. The van der Waals surface area contributed by atoms with Crippen LogP contribution < -0.4 is 5.73 Å². The van der Waals surface area contributed by atoms with Gasteiger partial charge in [0.2, 0.25) is 0 Å². The van der Waals surface area contributed by atoms with E-state index in [1.807, 2.05) is 34.5 Å². The molecular weight excluding hydrogens is 372 g/mol. The Hall–Kier alpha value is -2.29. The molecular formula is C17H19ClN6OS. The van der Waals surface area contributed by atoms with Crippen LogP contribution in [0.4, 0.5) is 0 Å². The van der Waals surface area contributed by atoms with E-state index in [1.54, 1.807) is 0 Å². The summed E-state index contributed by atoms with van der Waals surface area (Å²) >= 11 is 1.41. The van der Waals surface area contributed by atoms with Crippen molar-refractivity contribution in [2.75, 3.05) is 19.6 Å². The monoisotopic (exact) mass is 390 g/mol. The molecule has 0 spiro atoms. The lowest BCUT2D eigenvalue weighted by Crippen LogP contribution is -2.30. The van der Waals surface area contributed by atoms with Crippen LogP contribution in [0.25, 0.3) is 5.69 Å². The van der Waals surface area contributed by atoms with E-state index in [9.17, 15) is 4.79 Å². The third-order valence-corrected chi connectivity index (χ3v) is 5.58. The minimum absolute atomic E-state index is 0. The van der Waals surface area contributed by atoms with Crippen molar-refractivity contribution >= 4 is 29.7 Å². The molecule has 0 radical (unpaired) electrons. The van der Waals surface area contributed by atoms with Gasteiger partial charge in [-0.15, -0.1) is 28.8 Å². The first-order valence-electron chi connectivity index (χ1n) is 8.13. The standard InChI is InChI=1S/C17H18N6OS.ClH/c18-8-13-9-22(10-14(13)12-4-2-1-3-5-12)17(24)16-15(6-7-25-16)23-11-19-20-21-23;/h1-7,11,13-14H,8-10,18H2;1H/t13-,14+;/m1./s1. The van der Waals surface area contributed by atoms with E-state index >= 15 is 0 Å². The third-order valence-electron chi connectivity index (χ3n) is 4.69. The van der Waals surface area contributed by atoms with Crippen molar-refractivity contribution in [3.8, 4) is 5.69 Å². The normalized spacial score (nSPS) is 19.3. The van der Waals surface area contributed by atoms with Gasteiger partial charge >= 0.3 is 0 Å². The predicted molar refractivity (Wildman–Crippen MR) is 102 cm³/mol. The highest BCUT2D eigenvalue weighted by Gasteiger charge is 2.36. The number of halogens is 1. The zero-order valence-corrected chi connectivity index (χ0v) is 15.6. The number of nitrogens with zero attached hydrogens (tertiary/aromatic N) is 5. The number of thiophene rings is 1. The summed E-state index contributed by atoms with van der Waals surface area (Å²) in [4.78, 5) is 15.6. The van der Waals surface area contributed by atoms with Gasteiger partial charge in [0.25, 0.3) is 5.91 Å². The van der Waals surface area contributed by atoms with Gasteiger partial charge < -0.3 is 10.6 Å². The lowest BCUT2D eigenvalue weighted by molar-refractivity contribution is 0.0791. The Kier molecular flexibility index (Phi) is 5.65. The summed E-state index contributed by atoms with van der Waals surface area (Å²) in [6.07, 6.45) is 1.50. The molecule has 0 saturated carbocycles. The van der Waals surface area contributed by atoms with Gasteiger partial charge in [-0.2, -0.15) is 4.68 Å². The Morgan fingerprint density at radius 3 is 2.73 bits per heavy atom. The fourth-order valence-corrected chi connectivity index (χ4v) is 4.26. The maximum absolute atomic E-state index is 13.1. The number of aromatic nitrogens is 4. The molecule has 3 aromatic rings. The first-order valence-corrected chi connectivity index (χ1v) is 9.01. The topological polar surface area (TPSA) is 89.9 Å². The average molecular weight is 391 g/mol. The van der Waals surface area contributed by atoms with Gasteiger partial charge in [-0.1, -0.05) is 30.3 Å². The van der Waals surface area contributed by atoms with Crippen LogP contribution in [0.3, 0.4) is 0 Å². The lowest BCUT2D eigenvalue weighted by atomic mass is 9.89. The van der Waals surface area contributed by atoms with Crippen LogP contribution in [0.1, 0.15) is 21.2 Å². The average Bonchev–Trinajstić information content (AvgIpc) is 3.41. The van der Waals surface area contributed by atoms with E-state index < -0.39 is 0 Å². The molecule has 7 nitrogen and oxygen atoms in total. The van der Waals surface area contributed by atoms with E-state index in [2.05, 4.69) is 27.7 Å². The van der Waals surface area contributed by atoms with Crippen LogP contribution in [0, 0.1) is 5.92 Å². The Morgan fingerprint density at radius 2 is 2.04 bits per heavy atom. The number of carbonyl (C=O) groups is 1. The first kappa shape index (κ1) is 18.5. The molecule has 136 valence electrons. The number of amides is 1. The van der Waals surface area contributed by atoms with Crippen LogP contribution in [-0.2, 0) is 0 Å². The predicted octanol–water partition coefficient (Wildman–Crippen LogP) is 1.96. The van der Waals surface area contributed by atoms with Crippen LogP contribution >= 0.6 is 23.7 Å². The quantitative estimate of drug-likeness (QED) is 0.735. The zero-order chi connectivity index (χ0) is 17.2. The highest BCUT2D eigenvalue weighted by molar-refractivity contribution is 7.12. The molecule has 0 unspecified atom stereocenters. The molecule has 1 amide bonds. The van der Waals surface area contributed by atoms with Crippen LogP contribution in [0.2, 0.25) is 0 Å². The molecule has 1 aromatic carbocycles. The summed E-state index contributed by atoms with van der Waals surface area (Å²) in [5.74, 6) is 0.548. The summed E-state index contributed by atoms with van der Waals surface area (Å²) in [7, 11) is 0. The number of nitrogens with two attached hydrogens (primary N) is 1. The molecule has 1 aliphatic rings. The number of hydrogen-bond acceptors (Lipinski definition) is 6. The molecule has 0 bridgehead atoms. The fourth-order valence-electron chi connectivity index (χ4n) is 3.41. The largest absolute Gasteiger partial charge is 0.337 e. The number of hydrogen-bond donors (Lipinski definition) is 1. The summed E-state index contributed by atoms with van der Waals surface area (Å²) in [5.41, 5.74) is 7.94. The summed E-state index contributed by atoms with van der Waals surface area (Å²) in [5, 5.41) is 13.1. The van der Waals surface area contributed by atoms with E-state index in [-0.39, 0.29) is 30.2 Å². The molecule has 1 saturated heterocycles. The van der Waals surface area contributed by atoms with E-state index in [4.69, 9.17) is 5.73 Å². The number of carbonyl (C=O) groups excluding carboxylic acids is 1. The molecule has 4 rings (SSSR count). The SMILES string of the molecule is Cl.NC[C@@H]1CN(C(=O)c2sccc2-n2cnnn2)C[C@H]1c1ccccc1. The van der Waals surface area contributed by atoms with Gasteiger partial charge in [0.15, 0.2) is 0 Å². The van der Waals surface area contributed by atoms with Gasteiger partial charge in [0.05, 0.1) is 5.69 Å². The number of benzene rings is 1. The van der Waals surface area contributed by atoms with Crippen molar-refractivity contribution in [3.63, 3.8) is 0 Å². The Labute approximate surface area is 161 Å². The summed E-state index contributed by atoms with van der Waals surface area (Å²) < 4.78 is 1.52. The lowest BCUT2D eigenvalue weighted by Gasteiger charge is -2.16. The van der Waals surface area contributed by atoms with E-state index in [1.165, 1.54) is 27.9 Å². The van der Waals surface area contributed by atoms with Gasteiger partial charge in [-0.05, 0) is 39.9 Å². The molecule has 9 heteroatoms.